The zero-order chi connectivity index (χ0) is 82.0. The molecule has 0 spiro atoms. The number of nitrogens with zero attached hydrogens (tertiary/aromatic N) is 12. The molecule has 600 valence electrons. The summed E-state index contributed by atoms with van der Waals surface area (Å²) in [4.78, 5) is 50.2. The average Bonchev–Trinajstić information content (AvgIpc) is 1.59. The molecule has 4 heterocycles. The van der Waals surface area contributed by atoms with Gasteiger partial charge in [0, 0.05) is 32.4 Å². The Balaban J connectivity index is 0.000000149. The van der Waals surface area contributed by atoms with Crippen LogP contribution in [0.25, 0.3) is 39.3 Å². The Morgan fingerprint density at radius 3 is 1.68 bits per heavy atom. The zero-order valence-corrected chi connectivity index (χ0v) is 70.6. The number of halogens is 2. The highest BCUT2D eigenvalue weighted by Gasteiger charge is 2.36. The van der Waals surface area contributed by atoms with Gasteiger partial charge in [-0.05, 0) is 267 Å². The fourth-order valence-electron chi connectivity index (χ4n) is 15.0. The van der Waals surface area contributed by atoms with Gasteiger partial charge in [0.05, 0.1) is 40.6 Å². The van der Waals surface area contributed by atoms with Gasteiger partial charge in [0.2, 0.25) is 5.82 Å². The Labute approximate surface area is 685 Å². The third-order valence-electron chi connectivity index (χ3n) is 21.3. The molecule has 8 aromatic carbocycles. The molecule has 0 saturated carbocycles. The number of aromatic amines is 2. The quantitative estimate of drug-likeness (QED) is 0.0340. The number of amides is 3. The van der Waals surface area contributed by atoms with Gasteiger partial charge in [-0.15, -0.1) is 37.9 Å². The number of rotatable bonds is 9. The van der Waals surface area contributed by atoms with E-state index in [1.54, 1.807) is 83.8 Å². The van der Waals surface area contributed by atoms with Gasteiger partial charge < -0.3 is 25.4 Å². The summed E-state index contributed by atoms with van der Waals surface area (Å²) < 4.78 is 13.5. The summed E-state index contributed by atoms with van der Waals surface area (Å²) in [6.45, 7) is 32.8. The molecular formula is C89H102BrClN16O8. The number of phenols is 2. The first kappa shape index (κ1) is 84.5. The highest BCUT2D eigenvalue weighted by Crippen LogP contribution is 2.45. The number of nitrogens with two attached hydrogens (primary N) is 1. The smallest absolute Gasteiger partial charge is 0.434 e. The third kappa shape index (κ3) is 19.7. The second-order valence-electron chi connectivity index (χ2n) is 34.2. The lowest BCUT2D eigenvalue weighted by atomic mass is 9.86. The van der Waals surface area contributed by atoms with Crippen LogP contribution in [0.5, 0.6) is 11.5 Å². The number of hydrazone groups is 1. The molecule has 0 saturated heterocycles. The summed E-state index contributed by atoms with van der Waals surface area (Å²) in [7, 11) is 0. The summed E-state index contributed by atoms with van der Waals surface area (Å²) >= 11 is 3.52. The maximum Gasteiger partial charge on any atom is 0.434 e. The fraction of sp³-hybridized carbons (Fsp3) is 0.360. The Morgan fingerprint density at radius 2 is 1.12 bits per heavy atom. The maximum atomic E-state index is 13.3. The summed E-state index contributed by atoms with van der Waals surface area (Å²) in [5.74, 6) is 0.631. The molecule has 16 rings (SSSR count). The number of hydrogen-bond acceptors (Lipinski definition) is 18. The van der Waals surface area contributed by atoms with E-state index in [0.717, 1.165) is 82.2 Å². The summed E-state index contributed by atoms with van der Waals surface area (Å²) in [6, 6.07) is 50.6. The molecule has 2 aliphatic heterocycles. The van der Waals surface area contributed by atoms with E-state index in [-0.39, 0.29) is 63.0 Å². The first-order valence-corrected chi connectivity index (χ1v) is 39.2. The van der Waals surface area contributed by atoms with Crippen molar-refractivity contribution >= 4 is 86.3 Å². The van der Waals surface area contributed by atoms with E-state index in [9.17, 15) is 29.4 Å². The largest absolute Gasteiger partial charge is 0.505 e. The number of aromatic nitrogens is 6. The van der Waals surface area contributed by atoms with Crippen LogP contribution in [0.3, 0.4) is 0 Å². The Bertz CT molecular complexity index is 5510. The minimum Gasteiger partial charge on any atom is -0.505 e. The molecule has 4 aliphatic carbocycles. The normalized spacial score (nSPS) is 16.0. The second kappa shape index (κ2) is 33.9. The number of aromatic hydroxyl groups is 2. The molecule has 0 bridgehead atoms. The van der Waals surface area contributed by atoms with Crippen LogP contribution in [0.2, 0.25) is 0 Å². The molecule has 24 nitrogen and oxygen atoms in total. The van der Waals surface area contributed by atoms with Crippen molar-refractivity contribution in [1.82, 2.24) is 35.8 Å². The first-order chi connectivity index (χ1) is 53.8. The number of H-pyrrole nitrogens is 2. The van der Waals surface area contributed by atoms with E-state index >= 15 is 0 Å². The molecule has 115 heavy (non-hydrogen) atoms. The first-order valence-electron chi connectivity index (χ1n) is 38.4. The zero-order valence-electron chi connectivity index (χ0n) is 68.2. The van der Waals surface area contributed by atoms with Gasteiger partial charge in [-0.2, -0.15) is 20.4 Å². The molecular weight excluding hydrogens is 1540 g/mol. The van der Waals surface area contributed by atoms with Crippen LogP contribution in [0.4, 0.5) is 38.0 Å². The summed E-state index contributed by atoms with van der Waals surface area (Å²) in [5.41, 5.74) is 28.1. The van der Waals surface area contributed by atoms with Crippen LogP contribution in [-0.4, -0.2) is 87.9 Å². The van der Waals surface area contributed by atoms with E-state index in [2.05, 4.69) is 176 Å². The number of phenolic OH excluding ortho intramolecular Hbond substituents is 2. The average molecular weight is 1640 g/mol. The molecule has 2 aromatic heterocycles. The number of tetrazole rings is 1. The van der Waals surface area contributed by atoms with Crippen molar-refractivity contribution in [1.29, 1.82) is 0 Å². The van der Waals surface area contributed by atoms with Crippen molar-refractivity contribution in [2.24, 2.45) is 30.8 Å². The van der Waals surface area contributed by atoms with Crippen molar-refractivity contribution in [2.75, 3.05) is 22.3 Å². The van der Waals surface area contributed by atoms with Crippen molar-refractivity contribution in [3.63, 3.8) is 0 Å². The van der Waals surface area contributed by atoms with E-state index in [1.807, 2.05) is 91.9 Å². The number of ether oxygens (including phenoxy) is 2. The Kier molecular flexibility index (Phi) is 24.9. The molecule has 6 aliphatic rings. The van der Waals surface area contributed by atoms with Gasteiger partial charge in [-0.1, -0.05) is 156 Å². The van der Waals surface area contributed by atoms with Gasteiger partial charge in [-0.25, -0.2) is 24.7 Å². The highest BCUT2D eigenvalue weighted by atomic mass is 79.9. The standard InChI is InChI=1S/C29H27N7O2.C21H32N2O4.C15H18N2O.C13H11N5O.C11H13Br.ClH/c1-17-26(28(38)36(34-17)21-11-10-18-12-13-29(2,3)23(18)15-21)33-31-24-9-5-8-22(27(24)37)19-6-4-7-20(14-19)25-16-30-35-32-25;1-19(2,3)26-17(24)22-23(18(25)27-20(4,5)6)15-10-9-14-11-12-21(7,8)16(14)13-15;1-10-8-14(18)17(16-10)12-5-4-11-6-7-15(2,3)13(11)9-12;14-11-6-2-5-10(12(11)19)8-3-1-4-9(7-8)13-15-17-18-16-13;1-11(2)6-5-8-3-4-9(12)7-10(8)11;/h4-11,14-15,34,37H,12-13,16H2,1-3H3;9-10,13H,11-12H2,1-8H3,(H,22,24);4-5,9H,6-8H2,1-3H3;1-7,19H,14H2,(H,15,16,17,18);3-4,7H,5-6H2,1-2H3;1H. The topological polar surface area (TPSA) is 321 Å². The van der Waals surface area contributed by atoms with Crippen molar-refractivity contribution in [3.8, 4) is 50.8 Å². The molecule has 3 amide bonds. The second-order valence-corrected chi connectivity index (χ2v) is 35.1. The highest BCUT2D eigenvalue weighted by molar-refractivity contribution is 9.10. The Hall–Kier alpha value is -11.4. The monoisotopic (exact) mass is 1640 g/mol. The number of nitrogen functional groups attached to an aromatic ring is 1. The maximum absolute atomic E-state index is 13.3. The van der Waals surface area contributed by atoms with Crippen molar-refractivity contribution in [2.45, 2.75) is 201 Å². The number of carbonyl (C=O) groups is 3. The lowest BCUT2D eigenvalue weighted by Gasteiger charge is -2.29. The van der Waals surface area contributed by atoms with E-state index < -0.39 is 23.4 Å². The van der Waals surface area contributed by atoms with Gasteiger partial charge in [0.15, 0.2) is 11.4 Å². The van der Waals surface area contributed by atoms with E-state index in [1.165, 1.54) is 72.9 Å². The molecule has 0 radical (unpaired) electrons. The number of para-hydroxylation sites is 2. The van der Waals surface area contributed by atoms with E-state index in [4.69, 9.17) is 15.2 Å². The van der Waals surface area contributed by atoms with Gasteiger partial charge in [0.25, 0.3) is 11.5 Å². The fourth-order valence-corrected chi connectivity index (χ4v) is 15.3. The number of azo groups is 1. The Morgan fingerprint density at radius 1 is 0.609 bits per heavy atom. The molecule has 0 fully saturated rings. The SMILES string of the molecule is CC(C)(C)OC(=O)NN(C(=O)OC(C)(C)C)c1ccc2c(c1)C(C)(C)CC2.CC1(C)CCc2ccc(Br)cc21.CC1=NN(c2ccc3c(c2)C(C)(C)CC3)C(=O)C1.Cc1[nH]n(-c2ccc3c(c2)C(C)(C)CC3)c(=O)c1N=Nc1cccc(-c2cccc(C3=NN=NC3)c2)c1O.Cl.Nc1cccc(-c2cccc(-c3nn[nH]n3)c2)c1O. The third-order valence-corrected chi connectivity index (χ3v) is 21.8. The number of benzene rings is 8. The minimum absolute atomic E-state index is 0. The van der Waals surface area contributed by atoms with Crippen LogP contribution in [-0.2, 0) is 61.6 Å². The van der Waals surface area contributed by atoms with E-state index in [0.29, 0.717) is 52.4 Å². The predicted molar refractivity (Wildman–Crippen MR) is 459 cm³/mol. The predicted octanol–water partition coefficient (Wildman–Crippen LogP) is 20.7. The van der Waals surface area contributed by atoms with Crippen molar-refractivity contribution < 1.29 is 34.1 Å². The number of nitrogens with one attached hydrogen (secondary N) is 3. The number of hydrazine groups is 1. The minimum atomic E-state index is -0.715. The number of aryl methyl sites for hydroxylation is 5. The molecule has 0 atom stereocenters. The number of anilines is 3. The summed E-state index contributed by atoms with van der Waals surface area (Å²) in [6.07, 6.45) is 8.13. The lowest BCUT2D eigenvalue weighted by Crippen LogP contribution is -2.50. The van der Waals surface area contributed by atoms with Crippen molar-refractivity contribution in [3.05, 3.63) is 228 Å². The molecule has 26 heteroatoms. The summed E-state index contributed by atoms with van der Waals surface area (Å²) in [5, 5.41) is 65.1. The molecule has 7 N–H and O–H groups in total. The van der Waals surface area contributed by atoms with Crippen LogP contribution in [0.15, 0.2) is 198 Å². The number of carbonyl (C=O) groups excluding carboxylic acids is 3. The number of hydrogen-bond donors (Lipinski definition) is 6. The van der Waals surface area contributed by atoms with Gasteiger partial charge in [-0.3, -0.25) is 14.7 Å². The lowest BCUT2D eigenvalue weighted by molar-refractivity contribution is -0.116. The van der Waals surface area contributed by atoms with Crippen LogP contribution < -0.4 is 26.7 Å². The van der Waals surface area contributed by atoms with Gasteiger partial charge in [0.1, 0.15) is 29.2 Å². The van der Waals surface area contributed by atoms with Crippen LogP contribution >= 0.6 is 28.3 Å². The van der Waals surface area contributed by atoms with Crippen LogP contribution in [0, 0.1) is 6.92 Å². The van der Waals surface area contributed by atoms with Crippen LogP contribution in [0.1, 0.15) is 192 Å². The number of fused-ring (bicyclic) bond motifs is 4. The van der Waals surface area contributed by atoms with Gasteiger partial charge >= 0.3 is 12.2 Å². The molecule has 10 aromatic rings. The molecule has 0 unspecified atom stereocenters.